The number of thiophene rings is 1. The molecule has 0 aliphatic carbocycles. The first-order chi connectivity index (χ1) is 6.57. The van der Waals surface area contributed by atoms with Crippen LogP contribution in [0.2, 0.25) is 0 Å². The van der Waals surface area contributed by atoms with E-state index >= 15 is 0 Å². The maximum Gasteiger partial charge on any atom is 0.0335 e. The standard InChI is InChI=1S/C12H19NS/c1-12(2,3)13-7-4-5-10-6-8-14-11(10)9-13/h6,8H,4-5,7,9H2,1-3H3. The van der Waals surface area contributed by atoms with Gasteiger partial charge in [-0.1, -0.05) is 0 Å². The Balaban J connectivity index is 2.20. The predicted molar refractivity (Wildman–Crippen MR) is 62.8 cm³/mol. The number of aryl methyl sites for hydroxylation is 1. The van der Waals surface area contributed by atoms with Crippen molar-refractivity contribution in [3.63, 3.8) is 0 Å². The van der Waals surface area contributed by atoms with Crippen LogP contribution in [0.3, 0.4) is 0 Å². The molecule has 0 spiro atoms. The van der Waals surface area contributed by atoms with Crippen LogP contribution in [0.15, 0.2) is 11.4 Å². The Hall–Kier alpha value is -0.340. The summed E-state index contributed by atoms with van der Waals surface area (Å²) in [7, 11) is 0. The normalized spacial score (nSPS) is 19.1. The minimum atomic E-state index is 0.311. The van der Waals surface area contributed by atoms with E-state index in [-0.39, 0.29) is 0 Å². The molecule has 0 amide bonds. The molecule has 1 aliphatic rings. The molecular weight excluding hydrogens is 190 g/mol. The lowest BCUT2D eigenvalue weighted by Gasteiger charge is -2.34. The van der Waals surface area contributed by atoms with E-state index in [0.717, 1.165) is 6.54 Å². The van der Waals surface area contributed by atoms with Crippen LogP contribution < -0.4 is 0 Å². The Morgan fingerprint density at radius 2 is 2.14 bits per heavy atom. The molecule has 78 valence electrons. The lowest BCUT2D eigenvalue weighted by Crippen LogP contribution is -2.40. The topological polar surface area (TPSA) is 3.24 Å². The lowest BCUT2D eigenvalue weighted by atomic mass is 10.1. The molecule has 0 unspecified atom stereocenters. The number of rotatable bonds is 0. The molecule has 2 heteroatoms. The maximum absolute atomic E-state index is 2.59. The van der Waals surface area contributed by atoms with Crippen LogP contribution in [0.25, 0.3) is 0 Å². The van der Waals surface area contributed by atoms with Crippen LogP contribution in [0, 0.1) is 0 Å². The largest absolute Gasteiger partial charge is 0.293 e. The summed E-state index contributed by atoms with van der Waals surface area (Å²) in [6.07, 6.45) is 2.58. The van der Waals surface area contributed by atoms with Crippen LogP contribution in [-0.2, 0) is 13.0 Å². The van der Waals surface area contributed by atoms with Crippen molar-refractivity contribution in [1.82, 2.24) is 4.90 Å². The SMILES string of the molecule is CC(C)(C)N1CCCc2ccsc2C1. The van der Waals surface area contributed by atoms with Crippen LogP contribution in [0.4, 0.5) is 0 Å². The molecule has 0 atom stereocenters. The number of fused-ring (bicyclic) bond motifs is 1. The average molecular weight is 209 g/mol. The molecule has 0 saturated heterocycles. The second kappa shape index (κ2) is 3.67. The van der Waals surface area contributed by atoms with Gasteiger partial charge in [-0.15, -0.1) is 11.3 Å². The Bertz CT molecular complexity index is 308. The van der Waals surface area contributed by atoms with Gasteiger partial charge in [-0.2, -0.15) is 0 Å². The van der Waals surface area contributed by atoms with Crippen molar-refractivity contribution < 1.29 is 0 Å². The summed E-state index contributed by atoms with van der Waals surface area (Å²) in [5, 5.41) is 2.23. The van der Waals surface area contributed by atoms with Crippen LogP contribution in [0.5, 0.6) is 0 Å². The molecule has 0 N–H and O–H groups in total. The molecule has 0 saturated carbocycles. The van der Waals surface area contributed by atoms with E-state index in [9.17, 15) is 0 Å². The summed E-state index contributed by atoms with van der Waals surface area (Å²) in [6.45, 7) is 9.32. The monoisotopic (exact) mass is 209 g/mol. The second-order valence-corrected chi connectivity index (χ2v) is 6.07. The van der Waals surface area contributed by atoms with Crippen molar-refractivity contribution >= 4 is 11.3 Å². The summed E-state index contributed by atoms with van der Waals surface area (Å²) < 4.78 is 0. The fourth-order valence-electron chi connectivity index (χ4n) is 2.01. The number of hydrogen-bond acceptors (Lipinski definition) is 2. The molecule has 2 heterocycles. The highest BCUT2D eigenvalue weighted by Gasteiger charge is 2.24. The lowest BCUT2D eigenvalue weighted by molar-refractivity contribution is 0.131. The summed E-state index contributed by atoms with van der Waals surface area (Å²) in [5.41, 5.74) is 1.90. The third-order valence-corrected chi connectivity index (χ3v) is 3.94. The van der Waals surface area contributed by atoms with Gasteiger partial charge in [0.25, 0.3) is 0 Å². The van der Waals surface area contributed by atoms with Gasteiger partial charge >= 0.3 is 0 Å². The summed E-state index contributed by atoms with van der Waals surface area (Å²) >= 11 is 1.92. The molecule has 0 bridgehead atoms. The van der Waals surface area contributed by atoms with E-state index in [1.807, 2.05) is 11.3 Å². The zero-order valence-corrected chi connectivity index (χ0v) is 10.2. The zero-order valence-electron chi connectivity index (χ0n) is 9.34. The van der Waals surface area contributed by atoms with E-state index in [1.54, 1.807) is 10.4 Å². The molecule has 1 aromatic rings. The van der Waals surface area contributed by atoms with Crippen molar-refractivity contribution in [3.05, 3.63) is 21.9 Å². The highest BCUT2D eigenvalue weighted by Crippen LogP contribution is 2.27. The first kappa shape index (κ1) is 10.2. The molecule has 0 radical (unpaired) electrons. The van der Waals surface area contributed by atoms with Crippen LogP contribution >= 0.6 is 11.3 Å². The molecule has 1 aromatic heterocycles. The quantitative estimate of drug-likeness (QED) is 0.634. The average Bonchev–Trinajstić information content (AvgIpc) is 2.41. The van der Waals surface area contributed by atoms with Crippen LogP contribution in [0.1, 0.15) is 37.6 Å². The maximum atomic E-state index is 2.59. The Morgan fingerprint density at radius 1 is 1.36 bits per heavy atom. The van der Waals surface area contributed by atoms with E-state index in [4.69, 9.17) is 0 Å². The summed E-state index contributed by atoms with van der Waals surface area (Å²) in [5.74, 6) is 0. The van der Waals surface area contributed by atoms with Gasteiger partial charge in [0.05, 0.1) is 0 Å². The number of nitrogens with zero attached hydrogens (tertiary/aromatic N) is 1. The van der Waals surface area contributed by atoms with Gasteiger partial charge in [-0.05, 0) is 57.2 Å². The molecule has 0 fully saturated rings. The molecule has 1 aliphatic heterocycles. The predicted octanol–water partition coefficient (Wildman–Crippen LogP) is 3.29. The third-order valence-electron chi connectivity index (χ3n) is 2.99. The van der Waals surface area contributed by atoms with Gasteiger partial charge in [-0.25, -0.2) is 0 Å². The minimum Gasteiger partial charge on any atom is -0.293 e. The Kier molecular flexibility index (Phi) is 2.67. The zero-order chi connectivity index (χ0) is 10.2. The van der Waals surface area contributed by atoms with Gasteiger partial charge in [0, 0.05) is 17.0 Å². The highest BCUT2D eigenvalue weighted by molar-refractivity contribution is 7.10. The minimum absolute atomic E-state index is 0.311. The smallest absolute Gasteiger partial charge is 0.0335 e. The summed E-state index contributed by atoms with van der Waals surface area (Å²) in [6, 6.07) is 2.30. The summed E-state index contributed by atoms with van der Waals surface area (Å²) in [4.78, 5) is 4.17. The van der Waals surface area contributed by atoms with Crippen molar-refractivity contribution in [1.29, 1.82) is 0 Å². The van der Waals surface area contributed by atoms with Crippen LogP contribution in [-0.4, -0.2) is 17.0 Å². The van der Waals surface area contributed by atoms with E-state index in [1.165, 1.54) is 19.4 Å². The van der Waals surface area contributed by atoms with E-state index < -0.39 is 0 Å². The second-order valence-electron chi connectivity index (χ2n) is 5.06. The van der Waals surface area contributed by atoms with Crippen molar-refractivity contribution in [2.75, 3.05) is 6.54 Å². The fraction of sp³-hybridized carbons (Fsp3) is 0.667. The van der Waals surface area contributed by atoms with Crippen molar-refractivity contribution in [2.24, 2.45) is 0 Å². The Labute approximate surface area is 90.7 Å². The molecule has 14 heavy (non-hydrogen) atoms. The fourth-order valence-corrected chi connectivity index (χ4v) is 2.96. The molecule has 2 rings (SSSR count). The van der Waals surface area contributed by atoms with E-state index in [0.29, 0.717) is 5.54 Å². The molecule has 0 aromatic carbocycles. The highest BCUT2D eigenvalue weighted by atomic mass is 32.1. The van der Waals surface area contributed by atoms with E-state index in [2.05, 4.69) is 37.1 Å². The molecular formula is C12H19NS. The van der Waals surface area contributed by atoms with Gasteiger partial charge in [0.15, 0.2) is 0 Å². The number of hydrogen-bond donors (Lipinski definition) is 0. The van der Waals surface area contributed by atoms with Gasteiger partial charge in [0.1, 0.15) is 0 Å². The first-order valence-electron chi connectivity index (χ1n) is 5.38. The Morgan fingerprint density at radius 3 is 2.86 bits per heavy atom. The van der Waals surface area contributed by atoms with Gasteiger partial charge < -0.3 is 0 Å². The third kappa shape index (κ3) is 2.01. The van der Waals surface area contributed by atoms with Gasteiger partial charge in [0.2, 0.25) is 0 Å². The van der Waals surface area contributed by atoms with Gasteiger partial charge in [-0.3, -0.25) is 4.90 Å². The molecule has 1 nitrogen and oxygen atoms in total. The van der Waals surface area contributed by atoms with Crippen molar-refractivity contribution in [3.8, 4) is 0 Å². The van der Waals surface area contributed by atoms with Crippen molar-refractivity contribution in [2.45, 2.75) is 45.7 Å². The first-order valence-corrected chi connectivity index (χ1v) is 6.25.